The molecule has 1 spiro atoms. The summed E-state index contributed by atoms with van der Waals surface area (Å²) in [7, 11) is 0. The van der Waals surface area contributed by atoms with Crippen LogP contribution in [0.25, 0.3) is 11.3 Å². The number of piperidine rings is 1. The molecule has 2 saturated carbocycles. The van der Waals surface area contributed by atoms with Gasteiger partial charge in [0.05, 0.1) is 23.5 Å². The number of nitrogens with zero attached hydrogens (tertiary/aromatic N) is 7. The number of para-hydroxylation sites is 1. The molecule has 236 valence electrons. The highest BCUT2D eigenvalue weighted by Gasteiger charge is 2.49. The van der Waals surface area contributed by atoms with E-state index in [1.807, 2.05) is 30.5 Å². The topological polar surface area (TPSA) is 119 Å². The molecule has 2 aliphatic carbocycles. The third-order valence-corrected chi connectivity index (χ3v) is 11.8. The number of phenolic OH excluding ortho intramolecular Hbond substituents is 1. The molecule has 3 aliphatic heterocycles. The summed E-state index contributed by atoms with van der Waals surface area (Å²) >= 11 is 0. The third-order valence-electron chi connectivity index (χ3n) is 11.8. The van der Waals surface area contributed by atoms with Crippen LogP contribution in [0.4, 0.5) is 11.6 Å². The number of piperazine rings is 1. The van der Waals surface area contributed by atoms with Crippen LogP contribution in [0.15, 0.2) is 48.9 Å². The van der Waals surface area contributed by atoms with Gasteiger partial charge in [0, 0.05) is 49.2 Å². The molecule has 2 atom stereocenters. The van der Waals surface area contributed by atoms with Crippen LogP contribution in [0.2, 0.25) is 0 Å². The number of carboxylic acid groups (broad SMARTS) is 1. The maximum absolute atomic E-state index is 11.3. The number of hydrogen-bond acceptors (Lipinski definition) is 9. The summed E-state index contributed by atoms with van der Waals surface area (Å²) in [6.45, 7) is 4.03. The number of likely N-dealkylation sites (tertiary alicyclic amines) is 1. The van der Waals surface area contributed by atoms with Crippen LogP contribution >= 0.6 is 0 Å². The Hall–Kier alpha value is -3.79. The number of phenols is 1. The quantitative estimate of drug-likeness (QED) is 0.391. The molecule has 0 amide bonds. The van der Waals surface area contributed by atoms with Gasteiger partial charge in [0.15, 0.2) is 0 Å². The average Bonchev–Trinajstić information content (AvgIpc) is 3.32. The number of aliphatic carboxylic acids is 1. The van der Waals surface area contributed by atoms with Crippen molar-refractivity contribution in [2.24, 2.45) is 11.3 Å². The van der Waals surface area contributed by atoms with Gasteiger partial charge in [-0.15, -0.1) is 0 Å². The Kier molecular flexibility index (Phi) is 7.35. The van der Waals surface area contributed by atoms with E-state index >= 15 is 0 Å². The first-order chi connectivity index (χ1) is 21.9. The number of aromatic hydroxyl groups is 1. The minimum Gasteiger partial charge on any atom is -0.507 e. The summed E-state index contributed by atoms with van der Waals surface area (Å²) < 4.78 is 0. The molecule has 5 aliphatic rings. The molecule has 2 bridgehead atoms. The normalized spacial score (nSPS) is 30.4. The molecule has 2 unspecified atom stereocenters. The minimum absolute atomic E-state index is 0.117. The van der Waals surface area contributed by atoms with Crippen LogP contribution in [0, 0.1) is 11.3 Å². The lowest BCUT2D eigenvalue weighted by Crippen LogP contribution is -2.54. The zero-order valence-electron chi connectivity index (χ0n) is 25.8. The van der Waals surface area contributed by atoms with Crippen molar-refractivity contribution in [3.05, 3.63) is 54.5 Å². The lowest BCUT2D eigenvalue weighted by Gasteiger charge is -2.55. The molecule has 2 aromatic heterocycles. The van der Waals surface area contributed by atoms with Crippen LogP contribution in [-0.4, -0.2) is 85.6 Å². The Balaban J connectivity index is 0.857. The SMILES string of the molecule is O=C(O)C1CCC2(CC1)CC(N1CCC(c3cnc(N4C5CCC4CN(c4cnnc(-c6ccccc6O)c4)C5)nc3)CC1)C2. The molecule has 10 nitrogen and oxygen atoms in total. The van der Waals surface area contributed by atoms with Crippen molar-refractivity contribution in [1.29, 1.82) is 0 Å². The van der Waals surface area contributed by atoms with Gasteiger partial charge in [-0.05, 0) is 112 Å². The Morgan fingerprint density at radius 2 is 1.56 bits per heavy atom. The van der Waals surface area contributed by atoms with Crippen molar-refractivity contribution in [3.8, 4) is 17.0 Å². The first-order valence-corrected chi connectivity index (χ1v) is 16.9. The van der Waals surface area contributed by atoms with Gasteiger partial charge in [-0.1, -0.05) is 12.1 Å². The summed E-state index contributed by atoms with van der Waals surface area (Å²) in [5, 5.41) is 28.2. The fourth-order valence-electron chi connectivity index (χ4n) is 9.15. The molecule has 10 heteroatoms. The van der Waals surface area contributed by atoms with Gasteiger partial charge < -0.3 is 24.9 Å². The molecular formula is C35H43N7O3. The summed E-state index contributed by atoms with van der Waals surface area (Å²) in [5.74, 6) is 0.859. The highest BCUT2D eigenvalue weighted by atomic mass is 16.4. The minimum atomic E-state index is -0.602. The summed E-state index contributed by atoms with van der Waals surface area (Å²) in [4.78, 5) is 28.7. The molecule has 3 aromatic rings. The van der Waals surface area contributed by atoms with Gasteiger partial charge in [0.25, 0.3) is 0 Å². The number of fused-ring (bicyclic) bond motifs is 2. The predicted octanol–water partition coefficient (Wildman–Crippen LogP) is 5.10. The number of rotatable bonds is 6. The second-order valence-corrected chi connectivity index (χ2v) is 14.3. The Labute approximate surface area is 264 Å². The largest absolute Gasteiger partial charge is 0.507 e. The molecular weight excluding hydrogens is 566 g/mol. The van der Waals surface area contributed by atoms with Crippen molar-refractivity contribution in [1.82, 2.24) is 25.1 Å². The van der Waals surface area contributed by atoms with Crippen LogP contribution in [0.5, 0.6) is 5.75 Å². The molecule has 1 aromatic carbocycles. The van der Waals surface area contributed by atoms with Crippen LogP contribution < -0.4 is 9.80 Å². The smallest absolute Gasteiger partial charge is 0.306 e. The van der Waals surface area contributed by atoms with Crippen LogP contribution in [-0.2, 0) is 4.79 Å². The van der Waals surface area contributed by atoms with Crippen molar-refractivity contribution >= 4 is 17.6 Å². The predicted molar refractivity (Wildman–Crippen MR) is 171 cm³/mol. The fraction of sp³-hybridized carbons (Fsp3) is 0.571. The molecule has 45 heavy (non-hydrogen) atoms. The first kappa shape index (κ1) is 28.7. The maximum Gasteiger partial charge on any atom is 0.306 e. The molecule has 5 fully saturated rings. The lowest BCUT2D eigenvalue weighted by molar-refractivity contribution is -0.145. The van der Waals surface area contributed by atoms with Gasteiger partial charge in [0.2, 0.25) is 5.95 Å². The number of benzene rings is 1. The van der Waals surface area contributed by atoms with E-state index in [0.717, 1.165) is 89.2 Å². The second-order valence-electron chi connectivity index (χ2n) is 14.3. The standard InChI is InChI=1S/C35H43N7O3/c43-32-4-2-1-3-30(32)31-15-28(20-38-39-31)41-21-26-5-6-27(22-41)42(26)34-36-18-25(19-37-34)23-9-13-40(14-10-23)29-16-35(17-29)11-7-24(8-12-35)33(44)45/h1-4,15,18-20,23-24,26-27,29,43H,5-14,16-17,21-22H2,(H,44,45). The third kappa shape index (κ3) is 5.41. The maximum atomic E-state index is 11.3. The van der Waals surface area contributed by atoms with Crippen molar-refractivity contribution < 1.29 is 15.0 Å². The zero-order valence-corrected chi connectivity index (χ0v) is 25.8. The van der Waals surface area contributed by atoms with E-state index in [-0.39, 0.29) is 11.7 Å². The zero-order chi connectivity index (χ0) is 30.5. The van der Waals surface area contributed by atoms with E-state index in [2.05, 4.69) is 37.3 Å². The van der Waals surface area contributed by atoms with Crippen molar-refractivity contribution in [2.45, 2.75) is 88.3 Å². The van der Waals surface area contributed by atoms with Gasteiger partial charge in [-0.3, -0.25) is 4.79 Å². The number of carbonyl (C=O) groups is 1. The second kappa shape index (κ2) is 11.5. The van der Waals surface area contributed by atoms with Crippen LogP contribution in [0.3, 0.4) is 0 Å². The molecule has 5 heterocycles. The summed E-state index contributed by atoms with van der Waals surface area (Å²) in [6, 6.07) is 10.7. The highest BCUT2D eigenvalue weighted by Crippen LogP contribution is 2.55. The van der Waals surface area contributed by atoms with E-state index in [1.165, 1.54) is 18.4 Å². The molecule has 0 radical (unpaired) electrons. The Morgan fingerprint density at radius 1 is 0.867 bits per heavy atom. The van der Waals surface area contributed by atoms with Gasteiger partial charge in [-0.25, -0.2) is 9.97 Å². The summed E-state index contributed by atoms with van der Waals surface area (Å²) in [6.07, 6.45) is 17.0. The molecule has 8 rings (SSSR count). The lowest BCUT2D eigenvalue weighted by atomic mass is 9.56. The van der Waals surface area contributed by atoms with Gasteiger partial charge >= 0.3 is 5.97 Å². The number of hydrogen-bond donors (Lipinski definition) is 2. The average molecular weight is 610 g/mol. The van der Waals surface area contributed by atoms with Crippen molar-refractivity contribution in [3.63, 3.8) is 0 Å². The summed E-state index contributed by atoms with van der Waals surface area (Å²) in [5.41, 5.74) is 4.10. The Bertz CT molecular complexity index is 1510. The van der Waals surface area contributed by atoms with E-state index in [4.69, 9.17) is 9.97 Å². The van der Waals surface area contributed by atoms with E-state index in [1.54, 1.807) is 6.07 Å². The molecule has 2 N–H and O–H groups in total. The number of aromatic nitrogens is 4. The van der Waals surface area contributed by atoms with E-state index in [9.17, 15) is 15.0 Å². The Morgan fingerprint density at radius 3 is 2.22 bits per heavy atom. The van der Waals surface area contributed by atoms with Gasteiger partial charge in [-0.2, -0.15) is 10.2 Å². The number of anilines is 2. The fourth-order valence-corrected chi connectivity index (χ4v) is 9.15. The van der Waals surface area contributed by atoms with Crippen molar-refractivity contribution in [2.75, 3.05) is 36.0 Å². The molecule has 3 saturated heterocycles. The van der Waals surface area contributed by atoms with Gasteiger partial charge in [0.1, 0.15) is 5.75 Å². The van der Waals surface area contributed by atoms with Crippen LogP contribution in [0.1, 0.15) is 75.7 Å². The monoisotopic (exact) mass is 609 g/mol. The van der Waals surface area contributed by atoms with E-state index < -0.39 is 5.97 Å². The number of carboxylic acids is 1. The van der Waals surface area contributed by atoms with E-state index in [0.29, 0.717) is 40.7 Å². The highest BCUT2D eigenvalue weighted by molar-refractivity contribution is 5.70. The first-order valence-electron chi connectivity index (χ1n) is 16.9.